The van der Waals surface area contributed by atoms with E-state index in [9.17, 15) is 27.6 Å². The maximum atomic E-state index is 14.1. The number of hydrogen-bond acceptors (Lipinski definition) is 5. The quantitative estimate of drug-likeness (QED) is 0.346. The maximum Gasteiger partial charge on any atom is 0.351 e. The van der Waals surface area contributed by atoms with Crippen molar-refractivity contribution < 1.29 is 27.6 Å². The molecule has 1 amide bonds. The van der Waals surface area contributed by atoms with Crippen LogP contribution in [0.4, 0.5) is 5.69 Å². The number of nitrogens with zero attached hydrogens (tertiary/aromatic N) is 4. The lowest BCUT2D eigenvalue weighted by Gasteiger charge is -2.43. The van der Waals surface area contributed by atoms with Gasteiger partial charge >= 0.3 is 7.60 Å². The largest absolute Gasteiger partial charge is 0.351 e. The number of rotatable bonds is 8. The minimum absolute atomic E-state index is 0.00351. The van der Waals surface area contributed by atoms with Crippen LogP contribution in [0.15, 0.2) is 41.3 Å². The van der Waals surface area contributed by atoms with Gasteiger partial charge in [-0.05, 0) is 62.1 Å². The number of halogens is 2. The topological polar surface area (TPSA) is 133 Å². The molecule has 0 bridgehead atoms. The smallest absolute Gasteiger partial charge is 0.337 e. The Balaban J connectivity index is 1.97. The first-order valence-corrected chi connectivity index (χ1v) is 15.9. The molecule has 0 spiro atoms. The third-order valence-corrected chi connectivity index (χ3v) is 11.5. The van der Waals surface area contributed by atoms with Crippen molar-refractivity contribution in [2.45, 2.75) is 49.7 Å². The third-order valence-electron chi connectivity index (χ3n) is 7.09. The van der Waals surface area contributed by atoms with Crippen molar-refractivity contribution in [3.63, 3.8) is 0 Å². The summed E-state index contributed by atoms with van der Waals surface area (Å²) < 4.78 is 43.5. The van der Waals surface area contributed by atoms with E-state index >= 15 is 0 Å². The highest BCUT2D eigenvalue weighted by atomic mass is 35.5. The SMILES string of the molecule is CCC(CC)(N(c1ccc2c(C(=O)N3CCCC3)nn(C)c2c1)S(=O)(=O)c1cc(Cl)cc(Cl)c1)P(=O)(O)O. The van der Waals surface area contributed by atoms with Crippen LogP contribution in [-0.2, 0) is 21.6 Å². The molecule has 2 aromatic carbocycles. The van der Waals surface area contributed by atoms with E-state index in [1.54, 1.807) is 18.0 Å². The van der Waals surface area contributed by atoms with Crippen LogP contribution in [0.3, 0.4) is 0 Å². The van der Waals surface area contributed by atoms with E-state index in [4.69, 9.17) is 23.2 Å². The van der Waals surface area contributed by atoms with Crippen molar-refractivity contribution in [2.24, 2.45) is 7.05 Å². The van der Waals surface area contributed by atoms with E-state index in [1.807, 2.05) is 0 Å². The number of aromatic nitrogens is 2. The number of sulfonamides is 1. The molecule has 206 valence electrons. The third kappa shape index (κ3) is 4.85. The Hall–Kier alpha value is -2.14. The number of carbonyl (C=O) groups excluding carboxylic acids is 1. The van der Waals surface area contributed by atoms with E-state index in [1.165, 1.54) is 48.9 Å². The monoisotopic (exact) mass is 602 g/mol. The lowest BCUT2D eigenvalue weighted by molar-refractivity contribution is 0.0788. The Morgan fingerprint density at radius 2 is 1.66 bits per heavy atom. The average molecular weight is 603 g/mol. The van der Waals surface area contributed by atoms with Crippen molar-refractivity contribution >= 4 is 63.3 Å². The van der Waals surface area contributed by atoms with Gasteiger partial charge in [0.05, 0.1) is 16.1 Å². The second-order valence-corrected chi connectivity index (χ2v) is 13.9. The van der Waals surface area contributed by atoms with Crippen LogP contribution < -0.4 is 4.31 Å². The number of aryl methyl sites for hydroxylation is 1. The lowest BCUT2D eigenvalue weighted by atomic mass is 10.1. The molecule has 4 rings (SSSR count). The fourth-order valence-electron chi connectivity index (χ4n) is 5.05. The molecule has 0 aliphatic carbocycles. The van der Waals surface area contributed by atoms with Crippen molar-refractivity contribution in [3.05, 3.63) is 52.1 Å². The first-order valence-electron chi connectivity index (χ1n) is 12.1. The van der Waals surface area contributed by atoms with Gasteiger partial charge in [0.2, 0.25) is 0 Å². The number of fused-ring (bicyclic) bond motifs is 1. The molecular formula is C24H29Cl2N4O6PS. The molecular weight excluding hydrogens is 574 g/mol. The van der Waals surface area contributed by atoms with E-state index < -0.39 is 22.9 Å². The minimum Gasteiger partial charge on any atom is -0.337 e. The zero-order chi connectivity index (χ0) is 28.0. The molecule has 1 saturated heterocycles. The summed E-state index contributed by atoms with van der Waals surface area (Å²) in [6, 6.07) is 8.20. The number of benzene rings is 2. The molecule has 0 atom stereocenters. The summed E-state index contributed by atoms with van der Waals surface area (Å²) >= 11 is 12.2. The summed E-state index contributed by atoms with van der Waals surface area (Å²) in [5, 5.41) is 2.90. The van der Waals surface area contributed by atoms with E-state index in [2.05, 4.69) is 5.10 Å². The average Bonchev–Trinajstić information content (AvgIpc) is 3.49. The summed E-state index contributed by atoms with van der Waals surface area (Å²) in [6.07, 6.45) is 1.45. The predicted octanol–water partition coefficient (Wildman–Crippen LogP) is 5.01. The fourth-order valence-corrected chi connectivity index (χ4v) is 9.39. The van der Waals surface area contributed by atoms with Gasteiger partial charge in [0.15, 0.2) is 11.0 Å². The molecule has 3 aromatic rings. The Bertz CT molecular complexity index is 1520. The van der Waals surface area contributed by atoms with Crippen molar-refractivity contribution in [1.29, 1.82) is 0 Å². The van der Waals surface area contributed by atoms with Crippen LogP contribution >= 0.6 is 30.8 Å². The molecule has 2 heterocycles. The Kier molecular flexibility index (Phi) is 7.93. The van der Waals surface area contributed by atoms with Gasteiger partial charge in [-0.2, -0.15) is 5.10 Å². The standard InChI is InChI=1S/C24H29Cl2N4O6PS/c1-4-24(5-2,37(32,33)34)30(38(35,36)19-13-16(25)12-17(26)14-19)18-8-9-20-21(15-18)28(3)27-22(20)23(31)29-10-6-7-11-29/h8-9,12-15H,4-7,10-11H2,1-3H3,(H2,32,33,34). The van der Waals surface area contributed by atoms with Crippen LogP contribution in [-0.4, -0.2) is 57.2 Å². The molecule has 38 heavy (non-hydrogen) atoms. The van der Waals surface area contributed by atoms with E-state index in [-0.39, 0.29) is 45.1 Å². The molecule has 0 unspecified atom stereocenters. The van der Waals surface area contributed by atoms with Gasteiger partial charge < -0.3 is 14.7 Å². The zero-order valence-corrected chi connectivity index (χ0v) is 24.4. The van der Waals surface area contributed by atoms with Gasteiger partial charge in [-0.3, -0.25) is 14.0 Å². The van der Waals surface area contributed by atoms with Gasteiger partial charge in [0.25, 0.3) is 15.9 Å². The minimum atomic E-state index is -5.07. The van der Waals surface area contributed by atoms with E-state index in [0.717, 1.165) is 17.1 Å². The molecule has 1 aliphatic rings. The van der Waals surface area contributed by atoms with Crippen LogP contribution in [0.5, 0.6) is 0 Å². The molecule has 1 aliphatic heterocycles. The van der Waals surface area contributed by atoms with Crippen LogP contribution in [0, 0.1) is 0 Å². The highest BCUT2D eigenvalue weighted by molar-refractivity contribution is 7.93. The van der Waals surface area contributed by atoms with Gasteiger partial charge in [-0.15, -0.1) is 0 Å². The summed E-state index contributed by atoms with van der Waals surface area (Å²) in [4.78, 5) is 35.6. The Morgan fingerprint density at radius 1 is 1.08 bits per heavy atom. The Morgan fingerprint density at radius 3 is 2.18 bits per heavy atom. The van der Waals surface area contributed by atoms with Crippen LogP contribution in [0.1, 0.15) is 50.0 Å². The Labute approximate surface area is 231 Å². The molecule has 1 aromatic heterocycles. The number of anilines is 1. The molecule has 10 nitrogen and oxygen atoms in total. The summed E-state index contributed by atoms with van der Waals surface area (Å²) in [5.41, 5.74) is 0.671. The highest BCUT2D eigenvalue weighted by Gasteiger charge is 2.54. The summed E-state index contributed by atoms with van der Waals surface area (Å²) in [7, 11) is -8.05. The first kappa shape index (κ1) is 28.9. The summed E-state index contributed by atoms with van der Waals surface area (Å²) in [6.45, 7) is 4.32. The van der Waals surface area contributed by atoms with Crippen molar-refractivity contribution in [1.82, 2.24) is 14.7 Å². The van der Waals surface area contributed by atoms with Crippen LogP contribution in [0.2, 0.25) is 10.0 Å². The van der Waals surface area contributed by atoms with E-state index in [0.29, 0.717) is 24.0 Å². The van der Waals surface area contributed by atoms with Gasteiger partial charge in [-0.25, -0.2) is 12.7 Å². The zero-order valence-electron chi connectivity index (χ0n) is 21.1. The van der Waals surface area contributed by atoms with Gasteiger partial charge in [-0.1, -0.05) is 37.0 Å². The maximum absolute atomic E-state index is 14.1. The molecule has 1 fully saturated rings. The number of carbonyl (C=O) groups is 1. The molecule has 0 radical (unpaired) electrons. The first-order chi connectivity index (χ1) is 17.8. The van der Waals surface area contributed by atoms with Crippen molar-refractivity contribution in [2.75, 3.05) is 17.4 Å². The predicted molar refractivity (Wildman–Crippen MR) is 147 cm³/mol. The normalized spacial score (nSPS) is 14.9. The second-order valence-electron chi connectivity index (χ2n) is 9.28. The molecule has 0 saturated carbocycles. The van der Waals surface area contributed by atoms with Crippen LogP contribution in [0.25, 0.3) is 10.9 Å². The number of hydrogen-bond donors (Lipinski definition) is 2. The van der Waals surface area contributed by atoms with Crippen molar-refractivity contribution in [3.8, 4) is 0 Å². The molecule has 2 N–H and O–H groups in total. The summed E-state index contributed by atoms with van der Waals surface area (Å²) in [5.74, 6) is -0.217. The lowest BCUT2D eigenvalue weighted by Crippen LogP contribution is -2.51. The fraction of sp³-hybridized carbons (Fsp3) is 0.417. The van der Waals surface area contributed by atoms with Gasteiger partial charge in [0.1, 0.15) is 0 Å². The number of likely N-dealkylation sites (tertiary alicyclic amines) is 1. The highest BCUT2D eigenvalue weighted by Crippen LogP contribution is 2.59. The van der Waals surface area contributed by atoms with Gasteiger partial charge in [0, 0.05) is 35.6 Å². The molecule has 14 heteroatoms. The second kappa shape index (κ2) is 10.4. The number of amides is 1.